The van der Waals surface area contributed by atoms with E-state index in [1.165, 1.54) is 42.6 Å². The minimum atomic E-state index is -4.90. The molecule has 3 aromatic carbocycles. The van der Waals surface area contributed by atoms with Crippen LogP contribution >= 0.6 is 0 Å². The average Bonchev–Trinajstić information content (AvgIpc) is 3.17. The summed E-state index contributed by atoms with van der Waals surface area (Å²) in [5.41, 5.74) is -0.0170. The predicted octanol–water partition coefficient (Wildman–Crippen LogP) is 5.68. The molecule has 0 saturated heterocycles. The lowest BCUT2D eigenvalue weighted by Crippen LogP contribution is -2.32. The molecule has 5 nitrogen and oxygen atoms in total. The van der Waals surface area contributed by atoms with Crippen LogP contribution in [0, 0.1) is 5.82 Å². The molecule has 0 bridgehead atoms. The van der Waals surface area contributed by atoms with Gasteiger partial charge in [-0.25, -0.2) is 9.07 Å². The molecule has 0 aliphatic carbocycles. The van der Waals surface area contributed by atoms with Crippen molar-refractivity contribution in [1.29, 1.82) is 0 Å². The molecule has 0 radical (unpaired) electrons. The minimum absolute atomic E-state index is 0.130. The van der Waals surface area contributed by atoms with Crippen molar-refractivity contribution in [2.45, 2.75) is 12.3 Å². The SMILES string of the molecule is O/N=C(/C(Oc1ccc2c(cnn2-c2ccc(F)cc2)c1)c1ccccc1)C(F)(F)F. The van der Waals surface area contributed by atoms with E-state index in [1.54, 1.807) is 41.1 Å². The Hall–Kier alpha value is -3.88. The monoisotopic (exact) mass is 429 g/mol. The highest BCUT2D eigenvalue weighted by atomic mass is 19.4. The highest BCUT2D eigenvalue weighted by Crippen LogP contribution is 2.33. The van der Waals surface area contributed by atoms with Crippen molar-refractivity contribution >= 4 is 16.6 Å². The van der Waals surface area contributed by atoms with E-state index < -0.39 is 18.0 Å². The zero-order chi connectivity index (χ0) is 22.0. The molecule has 0 spiro atoms. The molecule has 4 rings (SSSR count). The average molecular weight is 429 g/mol. The number of hydrogen-bond donors (Lipinski definition) is 1. The highest BCUT2D eigenvalue weighted by Gasteiger charge is 2.43. The maximum atomic E-state index is 13.4. The summed E-state index contributed by atoms with van der Waals surface area (Å²) in [6, 6.07) is 18.1. The number of alkyl halides is 3. The summed E-state index contributed by atoms with van der Waals surface area (Å²) < 4.78 is 60.6. The van der Waals surface area contributed by atoms with Gasteiger partial charge in [0.2, 0.25) is 5.71 Å². The van der Waals surface area contributed by atoms with Crippen LogP contribution in [-0.2, 0) is 0 Å². The van der Waals surface area contributed by atoms with Crippen LogP contribution < -0.4 is 4.74 Å². The molecular weight excluding hydrogens is 414 g/mol. The summed E-state index contributed by atoms with van der Waals surface area (Å²) in [5, 5.41) is 16.4. The first-order valence-electron chi connectivity index (χ1n) is 9.11. The topological polar surface area (TPSA) is 59.6 Å². The zero-order valence-corrected chi connectivity index (χ0v) is 15.8. The molecule has 1 unspecified atom stereocenters. The molecule has 4 aromatic rings. The largest absolute Gasteiger partial charge is 0.479 e. The number of hydrogen-bond acceptors (Lipinski definition) is 4. The van der Waals surface area contributed by atoms with Crippen molar-refractivity contribution in [2.24, 2.45) is 5.16 Å². The number of benzene rings is 3. The summed E-state index contributed by atoms with van der Waals surface area (Å²) in [6.45, 7) is 0. The van der Waals surface area contributed by atoms with Crippen LogP contribution in [0.25, 0.3) is 16.6 Å². The maximum absolute atomic E-state index is 13.4. The summed E-state index contributed by atoms with van der Waals surface area (Å²) in [5.74, 6) is -0.251. The standard InChI is InChI=1S/C22H15F4N3O2/c23-16-6-8-17(9-7-16)29-19-11-10-18(12-15(19)13-27-29)31-20(14-4-2-1-3-5-14)21(28-30)22(24,25)26/h1-13,20,30H/b28-21-. The van der Waals surface area contributed by atoms with E-state index in [1.807, 2.05) is 0 Å². The Morgan fingerprint density at radius 2 is 1.71 bits per heavy atom. The fraction of sp³-hybridized carbons (Fsp3) is 0.0909. The lowest BCUT2D eigenvalue weighted by Gasteiger charge is -2.22. The van der Waals surface area contributed by atoms with E-state index in [0.717, 1.165) is 0 Å². The number of halogens is 4. The van der Waals surface area contributed by atoms with Gasteiger partial charge in [0.1, 0.15) is 11.6 Å². The Kier molecular flexibility index (Phi) is 5.33. The maximum Gasteiger partial charge on any atom is 0.436 e. The third kappa shape index (κ3) is 4.20. The lowest BCUT2D eigenvalue weighted by atomic mass is 10.0. The molecule has 1 heterocycles. The van der Waals surface area contributed by atoms with Gasteiger partial charge in [-0.15, -0.1) is 0 Å². The first-order chi connectivity index (χ1) is 14.9. The van der Waals surface area contributed by atoms with Gasteiger partial charge in [-0.05, 0) is 48.0 Å². The normalized spacial score (nSPS) is 13.4. The fourth-order valence-electron chi connectivity index (χ4n) is 3.18. The van der Waals surface area contributed by atoms with Gasteiger partial charge in [0.15, 0.2) is 6.10 Å². The van der Waals surface area contributed by atoms with Gasteiger partial charge in [-0.3, -0.25) is 0 Å². The quantitative estimate of drug-likeness (QED) is 0.192. The number of fused-ring (bicyclic) bond motifs is 1. The van der Waals surface area contributed by atoms with Gasteiger partial charge in [0.05, 0.1) is 17.4 Å². The van der Waals surface area contributed by atoms with Crippen LogP contribution in [0.5, 0.6) is 5.75 Å². The molecule has 0 saturated carbocycles. The Morgan fingerprint density at radius 1 is 1.00 bits per heavy atom. The van der Waals surface area contributed by atoms with Crippen molar-refractivity contribution in [1.82, 2.24) is 9.78 Å². The third-order valence-electron chi connectivity index (χ3n) is 4.61. The number of aromatic nitrogens is 2. The van der Waals surface area contributed by atoms with Crippen molar-refractivity contribution in [3.63, 3.8) is 0 Å². The van der Waals surface area contributed by atoms with Crippen molar-refractivity contribution in [3.8, 4) is 11.4 Å². The molecule has 158 valence electrons. The van der Waals surface area contributed by atoms with E-state index in [2.05, 4.69) is 10.3 Å². The van der Waals surface area contributed by atoms with Crippen molar-refractivity contribution < 1.29 is 27.5 Å². The van der Waals surface area contributed by atoms with Crippen LogP contribution in [0.4, 0.5) is 17.6 Å². The van der Waals surface area contributed by atoms with Gasteiger partial charge in [0.25, 0.3) is 0 Å². The van der Waals surface area contributed by atoms with Crippen molar-refractivity contribution in [3.05, 3.63) is 90.4 Å². The number of rotatable bonds is 5. The van der Waals surface area contributed by atoms with Gasteiger partial charge in [-0.2, -0.15) is 18.3 Å². The zero-order valence-electron chi connectivity index (χ0n) is 15.8. The molecule has 1 atom stereocenters. The summed E-state index contributed by atoms with van der Waals surface area (Å²) >= 11 is 0. The van der Waals surface area contributed by atoms with Gasteiger partial charge >= 0.3 is 6.18 Å². The van der Waals surface area contributed by atoms with Crippen LogP contribution in [-0.4, -0.2) is 26.9 Å². The molecule has 1 N–H and O–H groups in total. The molecule has 9 heteroatoms. The second kappa shape index (κ2) is 8.10. The number of ether oxygens (including phenoxy) is 1. The fourth-order valence-corrected chi connectivity index (χ4v) is 3.18. The summed E-state index contributed by atoms with van der Waals surface area (Å²) in [4.78, 5) is 0. The predicted molar refractivity (Wildman–Crippen MR) is 106 cm³/mol. The van der Waals surface area contributed by atoms with Gasteiger partial charge in [-0.1, -0.05) is 35.5 Å². The van der Waals surface area contributed by atoms with Crippen LogP contribution in [0.3, 0.4) is 0 Å². The van der Waals surface area contributed by atoms with E-state index in [-0.39, 0.29) is 17.1 Å². The van der Waals surface area contributed by atoms with E-state index >= 15 is 0 Å². The Balaban J connectivity index is 1.71. The van der Waals surface area contributed by atoms with E-state index in [9.17, 15) is 17.6 Å². The Bertz CT molecular complexity index is 1220. The molecule has 1 aromatic heterocycles. The molecular formula is C22H15F4N3O2. The van der Waals surface area contributed by atoms with Crippen LogP contribution in [0.1, 0.15) is 11.7 Å². The van der Waals surface area contributed by atoms with E-state index in [0.29, 0.717) is 16.6 Å². The van der Waals surface area contributed by atoms with Gasteiger partial charge < -0.3 is 9.94 Å². The molecule has 0 amide bonds. The highest BCUT2D eigenvalue weighted by molar-refractivity contribution is 5.94. The second-order valence-electron chi connectivity index (χ2n) is 6.64. The van der Waals surface area contributed by atoms with Gasteiger partial charge in [0, 0.05) is 5.39 Å². The number of nitrogens with zero attached hydrogens (tertiary/aromatic N) is 3. The van der Waals surface area contributed by atoms with Crippen molar-refractivity contribution in [2.75, 3.05) is 0 Å². The van der Waals surface area contributed by atoms with Crippen LogP contribution in [0.15, 0.2) is 84.1 Å². The van der Waals surface area contributed by atoms with E-state index in [4.69, 9.17) is 9.94 Å². The van der Waals surface area contributed by atoms with Crippen LogP contribution in [0.2, 0.25) is 0 Å². The first kappa shape index (κ1) is 20.4. The minimum Gasteiger partial charge on any atom is -0.479 e. The Labute approximate surface area is 173 Å². The lowest BCUT2D eigenvalue weighted by molar-refractivity contribution is -0.0680. The number of oxime groups is 1. The molecule has 31 heavy (non-hydrogen) atoms. The third-order valence-corrected chi connectivity index (χ3v) is 4.61. The first-order valence-corrected chi connectivity index (χ1v) is 9.11. The second-order valence-corrected chi connectivity index (χ2v) is 6.64. The molecule has 0 aliphatic rings. The Morgan fingerprint density at radius 3 is 2.35 bits per heavy atom. The summed E-state index contributed by atoms with van der Waals surface area (Å²) in [7, 11) is 0. The molecule has 0 aliphatic heterocycles. The smallest absolute Gasteiger partial charge is 0.436 e. The molecule has 0 fully saturated rings. The summed E-state index contributed by atoms with van der Waals surface area (Å²) in [6.07, 6.45) is -5.04.